The number of rotatable bonds is 2. The Morgan fingerprint density at radius 2 is 1.84 bits per heavy atom. The summed E-state index contributed by atoms with van der Waals surface area (Å²) >= 11 is 7.93. The minimum absolute atomic E-state index is 0.157. The smallest absolute Gasteiger partial charge is 0.0661 e. The molecule has 0 saturated carbocycles. The van der Waals surface area contributed by atoms with E-state index < -0.39 is 0 Å². The number of halogens is 1. The maximum absolute atomic E-state index is 6.35. The van der Waals surface area contributed by atoms with Crippen LogP contribution in [-0.4, -0.2) is 0 Å². The van der Waals surface area contributed by atoms with Crippen LogP contribution >= 0.6 is 22.9 Å². The van der Waals surface area contributed by atoms with Crippen LogP contribution in [0, 0.1) is 6.92 Å². The summed E-state index contributed by atoms with van der Waals surface area (Å²) in [6.07, 6.45) is 0. The van der Waals surface area contributed by atoms with E-state index in [1.54, 1.807) is 11.3 Å². The zero-order chi connectivity index (χ0) is 13.4. The first-order valence-corrected chi connectivity index (χ1v) is 7.40. The van der Waals surface area contributed by atoms with Gasteiger partial charge in [0.25, 0.3) is 0 Å². The molecule has 0 aliphatic carbocycles. The van der Waals surface area contributed by atoms with E-state index in [9.17, 15) is 0 Å². The number of fused-ring (bicyclic) bond motifs is 1. The summed E-state index contributed by atoms with van der Waals surface area (Å²) in [6, 6.07) is 14.5. The van der Waals surface area contributed by atoms with Crippen molar-refractivity contribution in [1.82, 2.24) is 0 Å². The summed E-state index contributed by atoms with van der Waals surface area (Å²) in [5.74, 6) is 0. The molecule has 3 rings (SSSR count). The second-order valence-corrected chi connectivity index (χ2v) is 5.97. The second kappa shape index (κ2) is 4.97. The fourth-order valence-electron chi connectivity index (χ4n) is 2.21. The fourth-order valence-corrected chi connectivity index (χ4v) is 3.55. The maximum Gasteiger partial charge on any atom is 0.0661 e. The van der Waals surface area contributed by atoms with Crippen LogP contribution in [0.2, 0.25) is 5.02 Å². The van der Waals surface area contributed by atoms with Crippen LogP contribution in [0.5, 0.6) is 0 Å². The van der Waals surface area contributed by atoms with Gasteiger partial charge in [0.15, 0.2) is 0 Å². The van der Waals surface area contributed by atoms with Crippen LogP contribution in [0.15, 0.2) is 47.8 Å². The Morgan fingerprint density at radius 3 is 2.53 bits per heavy atom. The summed E-state index contributed by atoms with van der Waals surface area (Å²) in [6.45, 7) is 2.01. The zero-order valence-corrected chi connectivity index (χ0v) is 12.1. The minimum atomic E-state index is -0.157. The molecule has 3 heteroatoms. The van der Waals surface area contributed by atoms with Crippen molar-refractivity contribution in [3.05, 3.63) is 68.9 Å². The molecule has 1 nitrogen and oxygen atoms in total. The van der Waals surface area contributed by atoms with E-state index in [0.29, 0.717) is 0 Å². The van der Waals surface area contributed by atoms with Crippen LogP contribution in [0.1, 0.15) is 22.0 Å². The zero-order valence-electron chi connectivity index (χ0n) is 10.6. The van der Waals surface area contributed by atoms with Gasteiger partial charge in [-0.25, -0.2) is 0 Å². The lowest BCUT2D eigenvalue weighted by molar-refractivity contribution is 0.895. The Bertz CT molecular complexity index is 732. The Morgan fingerprint density at radius 1 is 1.11 bits per heavy atom. The van der Waals surface area contributed by atoms with Gasteiger partial charge in [-0.3, -0.25) is 0 Å². The van der Waals surface area contributed by atoms with E-state index in [4.69, 9.17) is 17.3 Å². The Balaban J connectivity index is 2.06. The predicted molar refractivity (Wildman–Crippen MR) is 84.0 cm³/mol. The first-order valence-electron chi connectivity index (χ1n) is 6.14. The van der Waals surface area contributed by atoms with Crippen molar-refractivity contribution in [3.63, 3.8) is 0 Å². The van der Waals surface area contributed by atoms with Crippen molar-refractivity contribution in [2.45, 2.75) is 13.0 Å². The van der Waals surface area contributed by atoms with E-state index in [2.05, 4.69) is 35.7 Å². The van der Waals surface area contributed by atoms with Gasteiger partial charge in [0.05, 0.1) is 11.1 Å². The summed E-state index contributed by atoms with van der Waals surface area (Å²) in [5.41, 5.74) is 8.54. The molecule has 19 heavy (non-hydrogen) atoms. The largest absolute Gasteiger partial charge is 0.320 e. The van der Waals surface area contributed by atoms with Crippen molar-refractivity contribution < 1.29 is 0 Å². The van der Waals surface area contributed by atoms with Crippen LogP contribution in [0.4, 0.5) is 0 Å². The fraction of sp³-hybridized carbons (Fsp3) is 0.125. The molecular formula is C16H14ClNS. The molecular weight excluding hydrogens is 274 g/mol. The Labute approximate surface area is 121 Å². The van der Waals surface area contributed by atoms with Crippen molar-refractivity contribution in [1.29, 1.82) is 0 Å². The maximum atomic E-state index is 6.35. The first kappa shape index (κ1) is 12.7. The van der Waals surface area contributed by atoms with Crippen molar-refractivity contribution in [3.8, 4) is 0 Å². The summed E-state index contributed by atoms with van der Waals surface area (Å²) < 4.78 is 0. The van der Waals surface area contributed by atoms with Gasteiger partial charge in [-0.2, -0.15) is 0 Å². The van der Waals surface area contributed by atoms with Crippen LogP contribution in [-0.2, 0) is 0 Å². The highest BCUT2D eigenvalue weighted by Crippen LogP contribution is 2.35. The van der Waals surface area contributed by atoms with Gasteiger partial charge in [-0.15, -0.1) is 11.3 Å². The molecule has 2 N–H and O–H groups in total. The van der Waals surface area contributed by atoms with E-state index in [1.165, 1.54) is 10.8 Å². The molecule has 1 aromatic heterocycles. The highest BCUT2D eigenvalue weighted by atomic mass is 35.5. The number of aryl methyl sites for hydroxylation is 1. The molecule has 0 saturated heterocycles. The molecule has 0 aliphatic heterocycles. The van der Waals surface area contributed by atoms with Gasteiger partial charge in [-0.05, 0) is 40.3 Å². The van der Waals surface area contributed by atoms with Crippen LogP contribution in [0.3, 0.4) is 0 Å². The predicted octanol–water partition coefficient (Wildman–Crippen LogP) is 4.91. The third kappa shape index (κ3) is 2.27. The number of thiophene rings is 1. The van der Waals surface area contributed by atoms with Gasteiger partial charge < -0.3 is 5.73 Å². The van der Waals surface area contributed by atoms with E-state index >= 15 is 0 Å². The van der Waals surface area contributed by atoms with Gasteiger partial charge in [0.1, 0.15) is 0 Å². The average molecular weight is 288 g/mol. The van der Waals surface area contributed by atoms with Gasteiger partial charge >= 0.3 is 0 Å². The average Bonchev–Trinajstić information content (AvgIpc) is 2.78. The van der Waals surface area contributed by atoms with Crippen LogP contribution < -0.4 is 5.73 Å². The standard InChI is InChI=1S/C16H14ClNS/c1-10-9-19-16(14(10)17)15(18)13-7-6-11-4-2-3-5-12(11)8-13/h2-9,15H,18H2,1H3. The van der Waals surface area contributed by atoms with Crippen LogP contribution in [0.25, 0.3) is 10.8 Å². The molecule has 96 valence electrons. The molecule has 3 aromatic rings. The third-order valence-corrected chi connectivity index (χ3v) is 5.14. The third-order valence-electron chi connectivity index (χ3n) is 3.34. The molecule has 0 radical (unpaired) electrons. The molecule has 0 fully saturated rings. The van der Waals surface area contributed by atoms with Gasteiger partial charge in [-0.1, -0.05) is 48.0 Å². The van der Waals surface area contributed by atoms with Crippen molar-refractivity contribution >= 4 is 33.7 Å². The molecule has 0 amide bonds. The number of hydrogen-bond donors (Lipinski definition) is 1. The molecule has 1 atom stereocenters. The first-order chi connectivity index (χ1) is 9.16. The quantitative estimate of drug-likeness (QED) is 0.712. The van der Waals surface area contributed by atoms with Crippen molar-refractivity contribution in [2.75, 3.05) is 0 Å². The molecule has 1 heterocycles. The Kier molecular flexibility index (Phi) is 3.31. The lowest BCUT2D eigenvalue weighted by Gasteiger charge is -2.12. The topological polar surface area (TPSA) is 26.0 Å². The summed E-state index contributed by atoms with van der Waals surface area (Å²) in [5, 5.41) is 5.29. The van der Waals surface area contributed by atoms with Gasteiger partial charge in [0.2, 0.25) is 0 Å². The summed E-state index contributed by atoms with van der Waals surface area (Å²) in [4.78, 5) is 1.04. The van der Waals surface area contributed by atoms with E-state index in [1.807, 2.05) is 19.1 Å². The Hall–Kier alpha value is -1.35. The lowest BCUT2D eigenvalue weighted by atomic mass is 10.0. The van der Waals surface area contributed by atoms with E-state index in [0.717, 1.165) is 21.0 Å². The molecule has 0 bridgehead atoms. The van der Waals surface area contributed by atoms with E-state index in [-0.39, 0.29) is 6.04 Å². The monoisotopic (exact) mass is 287 g/mol. The summed E-state index contributed by atoms with van der Waals surface area (Å²) in [7, 11) is 0. The SMILES string of the molecule is Cc1csc(C(N)c2ccc3ccccc3c2)c1Cl. The number of nitrogens with two attached hydrogens (primary N) is 1. The number of hydrogen-bond acceptors (Lipinski definition) is 2. The number of benzene rings is 2. The second-order valence-electron chi connectivity index (χ2n) is 4.68. The highest BCUT2D eigenvalue weighted by Gasteiger charge is 2.16. The molecule has 0 spiro atoms. The molecule has 2 aromatic carbocycles. The molecule has 1 unspecified atom stereocenters. The minimum Gasteiger partial charge on any atom is -0.320 e. The molecule has 0 aliphatic rings. The lowest BCUT2D eigenvalue weighted by Crippen LogP contribution is -2.10. The van der Waals surface area contributed by atoms with Crippen molar-refractivity contribution in [2.24, 2.45) is 5.73 Å². The highest BCUT2D eigenvalue weighted by molar-refractivity contribution is 7.10. The normalized spacial score (nSPS) is 12.8. The van der Waals surface area contributed by atoms with Gasteiger partial charge in [0, 0.05) is 4.88 Å².